The number of carbonyl (C=O) groups is 2. The Labute approximate surface area is 241 Å². The zero-order valence-electron chi connectivity index (χ0n) is 24.7. The van der Waals surface area contributed by atoms with Gasteiger partial charge in [-0.15, -0.1) is 0 Å². The van der Waals surface area contributed by atoms with E-state index >= 15 is 8.78 Å². The van der Waals surface area contributed by atoms with Gasteiger partial charge in [-0.05, 0) is 33.6 Å². The minimum Gasteiger partial charge on any atom is -0.477 e. The summed E-state index contributed by atoms with van der Waals surface area (Å²) in [5, 5.41) is 11.8. The molecule has 4 N–H and O–H groups in total. The highest BCUT2D eigenvalue weighted by Gasteiger charge is 2.61. The van der Waals surface area contributed by atoms with Gasteiger partial charge in [0, 0.05) is 30.7 Å². The SMILES string of the molecule is CC1(C)COC2(CN(c3c(F)c(N)c4c(=O)c(C(=O)O)cn(C5CC5)c4c3F)CC2(C)CNC(=O)OC(C)(C)C)OC1. The molecule has 1 spiro atoms. The quantitative estimate of drug-likeness (QED) is 0.439. The monoisotopic (exact) mass is 592 g/mol. The number of carboxylic acid groups (broad SMARTS) is 1. The molecule has 1 aliphatic carbocycles. The number of benzene rings is 1. The number of ether oxygens (including phenoxy) is 3. The molecule has 0 bridgehead atoms. The number of alkyl carbamates (subject to hydrolysis) is 1. The van der Waals surface area contributed by atoms with Gasteiger partial charge in [0.05, 0.1) is 41.8 Å². The van der Waals surface area contributed by atoms with Gasteiger partial charge in [0.2, 0.25) is 5.43 Å². The van der Waals surface area contributed by atoms with E-state index in [-0.39, 0.29) is 36.6 Å². The van der Waals surface area contributed by atoms with E-state index in [1.807, 2.05) is 13.8 Å². The van der Waals surface area contributed by atoms with Crippen LogP contribution in [0.1, 0.15) is 70.8 Å². The average Bonchev–Trinajstić information content (AvgIpc) is 3.67. The van der Waals surface area contributed by atoms with Crippen molar-refractivity contribution in [3.63, 3.8) is 0 Å². The number of nitrogens with two attached hydrogens (primary N) is 1. The number of hydrogen-bond donors (Lipinski definition) is 3. The minimum atomic E-state index is -1.51. The summed E-state index contributed by atoms with van der Waals surface area (Å²) in [5.41, 5.74) is 1.05. The first-order valence-electron chi connectivity index (χ1n) is 14.0. The van der Waals surface area contributed by atoms with E-state index < -0.39 is 68.3 Å². The number of nitrogens with zero attached hydrogens (tertiary/aromatic N) is 2. The third kappa shape index (κ3) is 5.06. The fourth-order valence-corrected chi connectivity index (χ4v) is 5.74. The molecule has 3 fully saturated rings. The molecule has 1 amide bonds. The van der Waals surface area contributed by atoms with Crippen molar-refractivity contribution in [3.8, 4) is 0 Å². The summed E-state index contributed by atoms with van der Waals surface area (Å²) in [5.74, 6) is -5.08. The molecule has 5 rings (SSSR count). The van der Waals surface area contributed by atoms with E-state index in [1.165, 1.54) is 9.47 Å². The second-order valence-corrected chi connectivity index (χ2v) is 13.7. The summed E-state index contributed by atoms with van der Waals surface area (Å²) >= 11 is 0. The van der Waals surface area contributed by atoms with E-state index in [9.17, 15) is 19.5 Å². The van der Waals surface area contributed by atoms with Crippen molar-refractivity contribution >= 4 is 34.3 Å². The molecule has 1 aromatic carbocycles. The number of amides is 1. The van der Waals surface area contributed by atoms with Crippen molar-refractivity contribution in [2.45, 2.75) is 71.8 Å². The van der Waals surface area contributed by atoms with Crippen LogP contribution in [0.25, 0.3) is 10.9 Å². The fraction of sp³-hybridized carbons (Fsp3) is 0.621. The lowest BCUT2D eigenvalue weighted by Gasteiger charge is -2.48. The lowest BCUT2D eigenvalue weighted by molar-refractivity contribution is -0.325. The highest BCUT2D eigenvalue weighted by molar-refractivity contribution is 5.99. The van der Waals surface area contributed by atoms with Gasteiger partial charge < -0.3 is 39.8 Å². The standard InChI is InChI=1S/C29H38F2N4O7/c1-26(2,3)42-25(39)33-10-28(6)11-34(12-29(28)40-13-27(4,5)14-41-29)22-18(30)20(32)17-21(19(22)31)35(15-7-8-15)9-16(23(17)36)24(37)38/h9,15H,7-8,10-14,32H2,1-6H3,(H,33,39)(H,37,38). The van der Waals surface area contributed by atoms with Gasteiger partial charge in [0.1, 0.15) is 16.9 Å². The maximum absolute atomic E-state index is 16.5. The molecule has 1 unspecified atom stereocenters. The Kier molecular flexibility index (Phi) is 7.00. The molecule has 3 aliphatic rings. The Balaban J connectivity index is 1.61. The highest BCUT2D eigenvalue weighted by Crippen LogP contribution is 2.50. The summed E-state index contributed by atoms with van der Waals surface area (Å²) in [6, 6.07) is -0.251. The summed E-state index contributed by atoms with van der Waals surface area (Å²) in [7, 11) is 0. The second-order valence-electron chi connectivity index (χ2n) is 13.7. The Bertz CT molecular complexity index is 1520. The van der Waals surface area contributed by atoms with Crippen molar-refractivity contribution in [1.29, 1.82) is 0 Å². The Morgan fingerprint density at radius 3 is 2.31 bits per heavy atom. The Hall–Kier alpha value is -3.45. The van der Waals surface area contributed by atoms with E-state index in [0.29, 0.717) is 26.1 Å². The van der Waals surface area contributed by atoms with Crippen LogP contribution in [0, 0.1) is 22.5 Å². The Morgan fingerprint density at radius 1 is 1.14 bits per heavy atom. The average molecular weight is 593 g/mol. The topological polar surface area (TPSA) is 145 Å². The van der Waals surface area contributed by atoms with E-state index in [4.69, 9.17) is 19.9 Å². The van der Waals surface area contributed by atoms with E-state index in [0.717, 1.165) is 6.20 Å². The Morgan fingerprint density at radius 2 is 1.76 bits per heavy atom. The van der Waals surface area contributed by atoms with Crippen molar-refractivity contribution < 1.29 is 37.7 Å². The van der Waals surface area contributed by atoms with Crippen LogP contribution in [0.4, 0.5) is 25.0 Å². The van der Waals surface area contributed by atoms with Crippen LogP contribution in [0.15, 0.2) is 11.0 Å². The van der Waals surface area contributed by atoms with Gasteiger partial charge in [-0.3, -0.25) is 4.79 Å². The minimum absolute atomic E-state index is 0.000102. The van der Waals surface area contributed by atoms with Crippen LogP contribution in [0.5, 0.6) is 0 Å². The third-order valence-electron chi connectivity index (χ3n) is 8.12. The van der Waals surface area contributed by atoms with Crippen molar-refractivity contribution in [2.24, 2.45) is 10.8 Å². The van der Waals surface area contributed by atoms with Gasteiger partial charge in [-0.1, -0.05) is 20.8 Å². The number of aromatic carboxylic acids is 1. The van der Waals surface area contributed by atoms with Gasteiger partial charge in [-0.25, -0.2) is 18.4 Å². The number of halogens is 2. The number of rotatable bonds is 5. The van der Waals surface area contributed by atoms with Crippen LogP contribution in [0.3, 0.4) is 0 Å². The van der Waals surface area contributed by atoms with Gasteiger partial charge in [0.25, 0.3) is 0 Å². The number of pyridine rings is 1. The number of nitrogens with one attached hydrogen (secondary N) is 1. The van der Waals surface area contributed by atoms with Crippen LogP contribution in [-0.4, -0.2) is 66.0 Å². The molecule has 2 saturated heterocycles. The maximum Gasteiger partial charge on any atom is 0.407 e. The molecule has 13 heteroatoms. The van der Waals surface area contributed by atoms with Crippen molar-refractivity contribution in [3.05, 3.63) is 33.6 Å². The summed E-state index contributed by atoms with van der Waals surface area (Å²) in [4.78, 5) is 38.8. The van der Waals surface area contributed by atoms with Crippen LogP contribution >= 0.6 is 0 Å². The zero-order chi connectivity index (χ0) is 31.0. The smallest absolute Gasteiger partial charge is 0.407 e. The molecule has 11 nitrogen and oxygen atoms in total. The number of aromatic nitrogens is 1. The molecule has 2 aliphatic heterocycles. The predicted molar refractivity (Wildman–Crippen MR) is 151 cm³/mol. The molecule has 2 aromatic rings. The molecular weight excluding hydrogens is 554 g/mol. The molecule has 230 valence electrons. The molecule has 1 atom stereocenters. The number of carboxylic acids is 1. The van der Waals surface area contributed by atoms with Gasteiger partial charge in [0.15, 0.2) is 17.4 Å². The zero-order valence-corrected chi connectivity index (χ0v) is 24.7. The number of hydrogen-bond acceptors (Lipinski definition) is 8. The second kappa shape index (κ2) is 9.80. The predicted octanol–water partition coefficient (Wildman–Crippen LogP) is 4.02. The van der Waals surface area contributed by atoms with Crippen LogP contribution in [0.2, 0.25) is 0 Å². The van der Waals surface area contributed by atoms with Crippen molar-refractivity contribution in [2.75, 3.05) is 43.5 Å². The summed E-state index contributed by atoms with van der Waals surface area (Å²) in [6.45, 7) is 11.4. The molecule has 0 radical (unpaired) electrons. The number of nitrogen functional groups attached to an aromatic ring is 1. The molecule has 3 heterocycles. The lowest BCUT2D eigenvalue weighted by Crippen LogP contribution is -2.60. The fourth-order valence-electron chi connectivity index (χ4n) is 5.74. The van der Waals surface area contributed by atoms with Gasteiger partial charge >= 0.3 is 12.1 Å². The number of fused-ring (bicyclic) bond motifs is 1. The van der Waals surface area contributed by atoms with Crippen LogP contribution in [-0.2, 0) is 14.2 Å². The first kappa shape index (κ1) is 30.0. The van der Waals surface area contributed by atoms with Crippen LogP contribution < -0.4 is 21.4 Å². The lowest BCUT2D eigenvalue weighted by atomic mass is 9.82. The largest absolute Gasteiger partial charge is 0.477 e. The summed E-state index contributed by atoms with van der Waals surface area (Å²) in [6.07, 6.45) is 1.72. The molecular formula is C29H38F2N4O7. The number of anilines is 2. The highest BCUT2D eigenvalue weighted by atomic mass is 19.1. The summed E-state index contributed by atoms with van der Waals surface area (Å²) < 4.78 is 52.0. The van der Waals surface area contributed by atoms with Gasteiger partial charge in [-0.2, -0.15) is 0 Å². The van der Waals surface area contributed by atoms with Crippen molar-refractivity contribution in [1.82, 2.24) is 9.88 Å². The third-order valence-corrected chi connectivity index (χ3v) is 8.12. The first-order valence-corrected chi connectivity index (χ1v) is 14.0. The first-order chi connectivity index (χ1) is 19.4. The molecule has 1 saturated carbocycles. The normalized spacial score (nSPS) is 23.4. The maximum atomic E-state index is 16.5. The molecule has 1 aromatic heterocycles. The van der Waals surface area contributed by atoms with E-state index in [2.05, 4.69) is 5.32 Å². The van der Waals surface area contributed by atoms with E-state index in [1.54, 1.807) is 27.7 Å². The number of carbonyl (C=O) groups excluding carboxylic acids is 1. The molecule has 42 heavy (non-hydrogen) atoms.